The monoisotopic (exact) mass is 289 g/mol. The van der Waals surface area contributed by atoms with Gasteiger partial charge in [0.25, 0.3) is 5.91 Å². The lowest BCUT2D eigenvalue weighted by Gasteiger charge is -2.55. The number of hydrogen-bond acceptors (Lipinski definition) is 3. The fraction of sp³-hybridized carbons (Fsp3) is 0.929. The molecule has 2 aliphatic carbocycles. The molecule has 0 aromatic carbocycles. The Morgan fingerprint density at radius 3 is 2.60 bits per heavy atom. The van der Waals surface area contributed by atoms with Crippen LogP contribution >= 0.6 is 0 Å². The third-order valence-electron chi connectivity index (χ3n) is 5.44. The molecule has 1 heterocycles. The van der Waals surface area contributed by atoms with Gasteiger partial charge >= 0.3 is 5.92 Å². The van der Waals surface area contributed by atoms with Crippen molar-refractivity contribution in [3.8, 4) is 0 Å². The third-order valence-corrected chi connectivity index (χ3v) is 5.44. The smallest absolute Gasteiger partial charge is 0.352 e. The molecule has 3 unspecified atom stereocenters. The lowest BCUT2D eigenvalue weighted by molar-refractivity contribution is -0.219. The Morgan fingerprint density at radius 1 is 1.40 bits per heavy atom. The van der Waals surface area contributed by atoms with Gasteiger partial charge in [0.15, 0.2) is 0 Å². The maximum Gasteiger partial charge on any atom is 0.352 e. The molecule has 0 bridgehead atoms. The van der Waals surface area contributed by atoms with Crippen molar-refractivity contribution in [3.63, 3.8) is 0 Å². The fourth-order valence-corrected chi connectivity index (χ4v) is 3.89. The predicted molar refractivity (Wildman–Crippen MR) is 67.3 cm³/mol. The second-order valence-electron chi connectivity index (χ2n) is 6.98. The Morgan fingerprint density at radius 2 is 2.05 bits per heavy atom. The topological polar surface area (TPSA) is 58.6 Å². The van der Waals surface area contributed by atoms with Crippen molar-refractivity contribution in [2.45, 2.75) is 63.2 Å². The number of ether oxygens (including phenoxy) is 1. The normalized spacial score (nSPS) is 37.5. The molecule has 114 valence electrons. The van der Waals surface area contributed by atoms with Gasteiger partial charge in [-0.3, -0.25) is 4.79 Å². The van der Waals surface area contributed by atoms with E-state index in [1.807, 2.05) is 13.8 Å². The summed E-state index contributed by atoms with van der Waals surface area (Å²) < 4.78 is 33.7. The van der Waals surface area contributed by atoms with Crippen LogP contribution in [0.15, 0.2) is 0 Å². The Bertz CT molecular complexity index is 434. The van der Waals surface area contributed by atoms with E-state index in [0.717, 1.165) is 6.42 Å². The van der Waals surface area contributed by atoms with E-state index < -0.39 is 17.4 Å². The van der Waals surface area contributed by atoms with Crippen molar-refractivity contribution < 1.29 is 23.4 Å². The SMILES string of the molecule is CC1(C)C(NC(=O)C(F)(F)C2(O)CCC2)C2CCOC21. The molecule has 6 heteroatoms. The number of fused-ring (bicyclic) bond motifs is 1. The van der Waals surface area contributed by atoms with Crippen LogP contribution < -0.4 is 5.32 Å². The number of carbonyl (C=O) groups is 1. The van der Waals surface area contributed by atoms with E-state index in [2.05, 4.69) is 5.32 Å². The molecule has 3 aliphatic rings. The Kier molecular flexibility index (Phi) is 2.93. The first-order valence-corrected chi connectivity index (χ1v) is 7.23. The largest absolute Gasteiger partial charge is 0.383 e. The molecule has 0 radical (unpaired) electrons. The quantitative estimate of drug-likeness (QED) is 0.827. The van der Waals surface area contributed by atoms with Crippen molar-refractivity contribution in [3.05, 3.63) is 0 Å². The lowest BCUT2D eigenvalue weighted by Crippen LogP contribution is -2.70. The molecule has 3 rings (SSSR count). The molecule has 20 heavy (non-hydrogen) atoms. The minimum Gasteiger partial charge on any atom is -0.383 e. The number of hydrogen-bond donors (Lipinski definition) is 2. The van der Waals surface area contributed by atoms with Crippen LogP contribution in [0.5, 0.6) is 0 Å². The second kappa shape index (κ2) is 4.13. The average molecular weight is 289 g/mol. The molecule has 0 spiro atoms. The van der Waals surface area contributed by atoms with Crippen molar-refractivity contribution in [2.24, 2.45) is 11.3 Å². The van der Waals surface area contributed by atoms with Gasteiger partial charge in [-0.1, -0.05) is 13.8 Å². The maximum absolute atomic E-state index is 14.1. The molecule has 1 aliphatic heterocycles. The summed E-state index contributed by atoms with van der Waals surface area (Å²) in [4.78, 5) is 11.9. The van der Waals surface area contributed by atoms with Crippen LogP contribution in [0.1, 0.15) is 39.5 Å². The summed E-state index contributed by atoms with van der Waals surface area (Å²) in [5, 5.41) is 12.3. The Balaban J connectivity index is 1.70. The summed E-state index contributed by atoms with van der Waals surface area (Å²) in [6.45, 7) is 4.45. The van der Waals surface area contributed by atoms with Crippen molar-refractivity contribution in [1.29, 1.82) is 0 Å². The molecule has 0 aromatic rings. The van der Waals surface area contributed by atoms with Gasteiger partial charge in [0.1, 0.15) is 5.60 Å². The Hall–Kier alpha value is -0.750. The van der Waals surface area contributed by atoms with E-state index in [1.54, 1.807) is 0 Å². The summed E-state index contributed by atoms with van der Waals surface area (Å²) in [6.07, 6.45) is 1.32. The van der Waals surface area contributed by atoms with Gasteiger partial charge in [0.2, 0.25) is 0 Å². The summed E-state index contributed by atoms with van der Waals surface area (Å²) in [7, 11) is 0. The number of aliphatic hydroxyl groups is 1. The van der Waals surface area contributed by atoms with Gasteiger partial charge in [-0.2, -0.15) is 8.78 Å². The zero-order chi connectivity index (χ0) is 14.8. The Labute approximate surface area is 116 Å². The third kappa shape index (κ3) is 1.67. The van der Waals surface area contributed by atoms with Crippen LogP contribution in [0.25, 0.3) is 0 Å². The van der Waals surface area contributed by atoms with E-state index in [0.29, 0.717) is 13.0 Å². The van der Waals surface area contributed by atoms with Crippen LogP contribution in [-0.2, 0) is 9.53 Å². The highest BCUT2D eigenvalue weighted by atomic mass is 19.3. The predicted octanol–water partition coefficient (Wildman–Crippen LogP) is 1.47. The van der Waals surface area contributed by atoms with Crippen molar-refractivity contribution >= 4 is 5.91 Å². The first kappa shape index (κ1) is 14.2. The summed E-state index contributed by atoms with van der Waals surface area (Å²) in [5.74, 6) is -4.95. The number of amides is 1. The lowest BCUT2D eigenvalue weighted by atomic mass is 9.57. The molecule has 2 N–H and O–H groups in total. The average Bonchev–Trinajstić information content (AvgIpc) is 2.79. The van der Waals surface area contributed by atoms with Crippen molar-refractivity contribution in [2.75, 3.05) is 6.61 Å². The van der Waals surface area contributed by atoms with Crippen LogP contribution in [0.4, 0.5) is 8.78 Å². The minimum atomic E-state index is -3.72. The number of rotatable bonds is 3. The molecule has 2 saturated carbocycles. The highest BCUT2D eigenvalue weighted by Gasteiger charge is 2.65. The zero-order valence-corrected chi connectivity index (χ0v) is 11.8. The summed E-state index contributed by atoms with van der Waals surface area (Å²) >= 11 is 0. The summed E-state index contributed by atoms with van der Waals surface area (Å²) in [5.41, 5.74) is -2.49. The maximum atomic E-state index is 14.1. The van der Waals surface area contributed by atoms with Crippen molar-refractivity contribution in [1.82, 2.24) is 5.32 Å². The molecule has 3 fully saturated rings. The molecular formula is C14H21F2NO3. The number of halogens is 2. The minimum absolute atomic E-state index is 0.0172. The van der Waals surface area contributed by atoms with E-state index >= 15 is 0 Å². The van der Waals surface area contributed by atoms with Crippen LogP contribution in [0.3, 0.4) is 0 Å². The molecule has 3 atom stereocenters. The standard InChI is InChI=1S/C14H21F2NO3/c1-12(2)9(8-4-7-20-10(8)12)17-11(18)14(15,16)13(19)5-3-6-13/h8-10,19H,3-7H2,1-2H3,(H,17,18). The molecule has 0 aromatic heterocycles. The fourth-order valence-electron chi connectivity index (χ4n) is 3.89. The number of nitrogens with one attached hydrogen (secondary N) is 1. The van der Waals surface area contributed by atoms with Gasteiger partial charge in [-0.25, -0.2) is 0 Å². The summed E-state index contributed by atoms with van der Waals surface area (Å²) in [6, 6.07) is -0.308. The first-order chi connectivity index (χ1) is 9.20. The number of alkyl halides is 2. The van der Waals surface area contributed by atoms with Crippen LogP contribution in [0, 0.1) is 11.3 Å². The second-order valence-corrected chi connectivity index (χ2v) is 6.98. The van der Waals surface area contributed by atoms with E-state index in [9.17, 15) is 18.7 Å². The molecule has 1 saturated heterocycles. The van der Waals surface area contributed by atoms with Gasteiger partial charge in [0.05, 0.1) is 6.10 Å². The molecular weight excluding hydrogens is 268 g/mol. The van der Waals surface area contributed by atoms with Gasteiger partial charge < -0.3 is 15.2 Å². The zero-order valence-electron chi connectivity index (χ0n) is 11.8. The van der Waals surface area contributed by atoms with E-state index in [1.165, 1.54) is 0 Å². The van der Waals surface area contributed by atoms with Gasteiger partial charge in [-0.05, 0) is 25.7 Å². The number of carbonyl (C=O) groups excluding carboxylic acids is 1. The highest BCUT2D eigenvalue weighted by Crippen LogP contribution is 2.52. The van der Waals surface area contributed by atoms with Crippen LogP contribution in [0.2, 0.25) is 0 Å². The molecule has 4 nitrogen and oxygen atoms in total. The van der Waals surface area contributed by atoms with E-state index in [4.69, 9.17) is 4.74 Å². The van der Waals surface area contributed by atoms with Crippen LogP contribution in [-0.4, -0.2) is 41.3 Å². The van der Waals surface area contributed by atoms with Gasteiger partial charge in [0, 0.05) is 24.0 Å². The molecule has 1 amide bonds. The first-order valence-electron chi connectivity index (χ1n) is 7.23. The highest BCUT2D eigenvalue weighted by molar-refractivity contribution is 5.85. The van der Waals surface area contributed by atoms with E-state index in [-0.39, 0.29) is 36.3 Å². The van der Waals surface area contributed by atoms with Gasteiger partial charge in [-0.15, -0.1) is 0 Å².